The van der Waals surface area contributed by atoms with Crippen LogP contribution in [0.4, 0.5) is 0 Å². The van der Waals surface area contributed by atoms with Crippen molar-refractivity contribution in [1.82, 2.24) is 0 Å². The van der Waals surface area contributed by atoms with E-state index in [0.717, 1.165) is 12.0 Å². The highest BCUT2D eigenvalue weighted by Gasteiger charge is 2.29. The minimum Gasteiger partial charge on any atom is -0.305 e. The van der Waals surface area contributed by atoms with Gasteiger partial charge in [-0.2, -0.15) is 0 Å². The van der Waals surface area contributed by atoms with Crippen molar-refractivity contribution >= 4 is 12.9 Å². The van der Waals surface area contributed by atoms with Crippen molar-refractivity contribution in [2.75, 3.05) is 13.2 Å². The van der Waals surface area contributed by atoms with E-state index in [1.165, 1.54) is 22.3 Å². The summed E-state index contributed by atoms with van der Waals surface area (Å²) in [5.41, 5.74) is 6.04. The van der Waals surface area contributed by atoms with Crippen LogP contribution < -0.4 is 5.30 Å². The van der Waals surface area contributed by atoms with Crippen LogP contribution in [0.1, 0.15) is 41.7 Å². The molecule has 0 radical (unpaired) electrons. The normalized spacial score (nSPS) is 11.7. The number of hydrogen-bond donors (Lipinski definition) is 0. The highest BCUT2D eigenvalue weighted by Crippen LogP contribution is 2.48. The summed E-state index contributed by atoms with van der Waals surface area (Å²) in [4.78, 5) is 0. The molecule has 0 spiro atoms. The number of aryl methyl sites for hydroxylation is 3. The molecule has 2 rings (SSSR count). The van der Waals surface area contributed by atoms with Gasteiger partial charge in [-0.25, -0.2) is 0 Å². The minimum absolute atomic E-state index is 0.355. The van der Waals surface area contributed by atoms with Gasteiger partial charge in [0.05, 0.1) is 18.5 Å². The van der Waals surface area contributed by atoms with E-state index in [1.807, 2.05) is 38.1 Å². The fourth-order valence-electron chi connectivity index (χ4n) is 3.12. The van der Waals surface area contributed by atoms with Crippen molar-refractivity contribution in [3.05, 3.63) is 64.2 Å². The molecule has 0 aliphatic heterocycles. The van der Waals surface area contributed by atoms with E-state index < -0.39 is 7.60 Å². The summed E-state index contributed by atoms with van der Waals surface area (Å²) in [5.74, 6) is 0. The van der Waals surface area contributed by atoms with Gasteiger partial charge in [-0.1, -0.05) is 35.9 Å². The summed E-state index contributed by atoms with van der Waals surface area (Å²) in [6.07, 6.45) is 0.720. The van der Waals surface area contributed by atoms with E-state index in [9.17, 15) is 4.57 Å². The van der Waals surface area contributed by atoms with Gasteiger partial charge in [-0.15, -0.1) is 0 Å². The third-order valence-corrected chi connectivity index (χ3v) is 6.31. The van der Waals surface area contributed by atoms with Crippen molar-refractivity contribution in [3.63, 3.8) is 0 Å². The smallest absolute Gasteiger partial charge is 0.305 e. The highest BCUT2D eigenvalue weighted by atomic mass is 31.2. The molecule has 0 heterocycles. The summed E-state index contributed by atoms with van der Waals surface area (Å²) < 4.78 is 24.3. The topological polar surface area (TPSA) is 35.5 Å². The van der Waals surface area contributed by atoms with Crippen molar-refractivity contribution in [2.24, 2.45) is 0 Å². The Balaban J connectivity index is 2.48. The zero-order chi connectivity index (χ0) is 17.7. The van der Waals surface area contributed by atoms with Gasteiger partial charge in [-0.05, 0) is 69.4 Å². The molecule has 0 amide bonds. The Kier molecular flexibility index (Phi) is 6.40. The molecule has 0 fully saturated rings. The predicted molar refractivity (Wildman–Crippen MR) is 100 cm³/mol. The van der Waals surface area contributed by atoms with Crippen LogP contribution in [0.3, 0.4) is 0 Å². The SMILES string of the molecule is CCOP(=O)(OCC)c1ccccc1Cc1c(C)cc(C)cc1C. The molecular formula is C20H27O3P. The summed E-state index contributed by atoms with van der Waals surface area (Å²) in [6.45, 7) is 10.7. The maximum atomic E-state index is 13.2. The van der Waals surface area contributed by atoms with Crippen LogP contribution in [-0.4, -0.2) is 13.2 Å². The quantitative estimate of drug-likeness (QED) is 0.655. The maximum absolute atomic E-state index is 13.2. The van der Waals surface area contributed by atoms with Gasteiger partial charge < -0.3 is 9.05 Å². The van der Waals surface area contributed by atoms with Gasteiger partial charge in [0.15, 0.2) is 0 Å². The Morgan fingerprint density at radius 1 is 0.917 bits per heavy atom. The first kappa shape index (κ1) is 18.9. The zero-order valence-corrected chi connectivity index (χ0v) is 16.2. The predicted octanol–water partition coefficient (Wildman–Crippen LogP) is 5.09. The zero-order valence-electron chi connectivity index (χ0n) is 15.3. The molecule has 24 heavy (non-hydrogen) atoms. The van der Waals surface area contributed by atoms with Gasteiger partial charge in [0, 0.05) is 0 Å². The minimum atomic E-state index is -3.29. The first-order valence-electron chi connectivity index (χ1n) is 8.45. The molecule has 0 unspecified atom stereocenters. The van der Waals surface area contributed by atoms with Gasteiger partial charge in [0.2, 0.25) is 0 Å². The summed E-state index contributed by atoms with van der Waals surface area (Å²) in [7, 11) is -3.29. The molecule has 0 saturated carbocycles. The molecule has 0 aliphatic carbocycles. The van der Waals surface area contributed by atoms with Crippen LogP contribution in [-0.2, 0) is 20.0 Å². The lowest BCUT2D eigenvalue weighted by Gasteiger charge is -2.21. The van der Waals surface area contributed by atoms with Crippen LogP contribution in [0.15, 0.2) is 36.4 Å². The molecule has 0 aliphatic rings. The first-order chi connectivity index (χ1) is 11.4. The Bertz CT molecular complexity index is 719. The largest absolute Gasteiger partial charge is 0.361 e. The summed E-state index contributed by atoms with van der Waals surface area (Å²) in [5, 5.41) is 0.674. The van der Waals surface area contributed by atoms with E-state index in [2.05, 4.69) is 32.9 Å². The fraction of sp³-hybridized carbons (Fsp3) is 0.400. The average Bonchev–Trinajstić information content (AvgIpc) is 2.51. The second-order valence-electron chi connectivity index (χ2n) is 6.02. The molecular weight excluding hydrogens is 319 g/mol. The fourth-order valence-corrected chi connectivity index (χ4v) is 4.93. The van der Waals surface area contributed by atoms with Gasteiger partial charge in [0.1, 0.15) is 0 Å². The molecule has 2 aromatic carbocycles. The summed E-state index contributed by atoms with van der Waals surface area (Å²) in [6, 6.07) is 12.1. The summed E-state index contributed by atoms with van der Waals surface area (Å²) >= 11 is 0. The first-order valence-corrected chi connectivity index (χ1v) is 9.99. The van der Waals surface area contributed by atoms with E-state index in [0.29, 0.717) is 18.5 Å². The van der Waals surface area contributed by atoms with Crippen molar-refractivity contribution in [3.8, 4) is 0 Å². The lowest BCUT2D eigenvalue weighted by molar-refractivity contribution is 0.230. The van der Waals surface area contributed by atoms with Crippen LogP contribution in [0, 0.1) is 20.8 Å². The van der Waals surface area contributed by atoms with Crippen LogP contribution in [0.25, 0.3) is 0 Å². The molecule has 4 heteroatoms. The number of hydrogen-bond acceptors (Lipinski definition) is 3. The van der Waals surface area contributed by atoms with E-state index in [1.54, 1.807) is 0 Å². The van der Waals surface area contributed by atoms with Crippen molar-refractivity contribution in [2.45, 2.75) is 41.0 Å². The van der Waals surface area contributed by atoms with Crippen molar-refractivity contribution < 1.29 is 13.6 Å². The number of rotatable bonds is 7. The monoisotopic (exact) mass is 346 g/mol. The van der Waals surface area contributed by atoms with Crippen LogP contribution in [0.5, 0.6) is 0 Å². The molecule has 3 nitrogen and oxygen atoms in total. The molecule has 0 atom stereocenters. The highest BCUT2D eigenvalue weighted by molar-refractivity contribution is 7.62. The Hall–Kier alpha value is -1.41. The Morgan fingerprint density at radius 2 is 1.46 bits per heavy atom. The van der Waals surface area contributed by atoms with Gasteiger partial charge >= 0.3 is 7.60 Å². The van der Waals surface area contributed by atoms with Gasteiger partial charge in [0.25, 0.3) is 0 Å². The average molecular weight is 346 g/mol. The van der Waals surface area contributed by atoms with Gasteiger partial charge in [-0.3, -0.25) is 4.57 Å². The second-order valence-corrected chi connectivity index (χ2v) is 8.01. The van der Waals surface area contributed by atoms with E-state index in [4.69, 9.17) is 9.05 Å². The molecule has 0 bridgehead atoms. The number of benzene rings is 2. The lowest BCUT2D eigenvalue weighted by atomic mass is 9.94. The molecule has 0 saturated heterocycles. The molecule has 0 aromatic heterocycles. The lowest BCUT2D eigenvalue weighted by Crippen LogP contribution is -2.16. The Morgan fingerprint density at radius 3 is 2.00 bits per heavy atom. The maximum Gasteiger partial charge on any atom is 0.361 e. The van der Waals surface area contributed by atoms with E-state index in [-0.39, 0.29) is 0 Å². The van der Waals surface area contributed by atoms with Crippen LogP contribution >= 0.6 is 7.60 Å². The Labute approximate surface area is 145 Å². The van der Waals surface area contributed by atoms with Crippen LogP contribution in [0.2, 0.25) is 0 Å². The third kappa shape index (κ3) is 4.16. The molecule has 2 aromatic rings. The molecule has 0 N–H and O–H groups in total. The molecule has 130 valence electrons. The third-order valence-electron chi connectivity index (χ3n) is 4.09. The van der Waals surface area contributed by atoms with E-state index >= 15 is 0 Å². The second kappa shape index (κ2) is 8.11. The standard InChI is InChI=1S/C20H27O3P/c1-6-22-24(21,23-7-2)20-11-9-8-10-18(20)14-19-16(4)12-15(3)13-17(19)5/h8-13H,6-7,14H2,1-5H3. The van der Waals surface area contributed by atoms with Crippen molar-refractivity contribution in [1.29, 1.82) is 0 Å².